The molecule has 0 aliphatic carbocycles. The molecule has 1 aromatic rings. The SMILES string of the molecule is [Br-].c1ccc(C2=[S+]CCSCCCCC2)cc1. The van der Waals surface area contributed by atoms with E-state index in [4.69, 9.17) is 0 Å². The van der Waals surface area contributed by atoms with Crippen LogP contribution in [0.1, 0.15) is 31.2 Å². The van der Waals surface area contributed by atoms with Gasteiger partial charge in [-0.15, -0.1) is 0 Å². The van der Waals surface area contributed by atoms with E-state index in [2.05, 4.69) is 53.4 Å². The normalized spacial score (nSPS) is 17.8. The lowest BCUT2D eigenvalue weighted by Crippen LogP contribution is -3.00. The van der Waals surface area contributed by atoms with Crippen molar-refractivity contribution in [3.8, 4) is 0 Å². The zero-order valence-corrected chi connectivity index (χ0v) is 13.2. The molecule has 3 heteroatoms. The Kier molecular flexibility index (Phi) is 8.15. The topological polar surface area (TPSA) is 0 Å². The van der Waals surface area contributed by atoms with Crippen LogP contribution in [0.3, 0.4) is 0 Å². The Morgan fingerprint density at radius 3 is 2.59 bits per heavy atom. The molecule has 0 radical (unpaired) electrons. The molecule has 0 nitrogen and oxygen atoms in total. The lowest BCUT2D eigenvalue weighted by Gasteiger charge is -2.02. The second-order valence-corrected chi connectivity index (χ2v) is 6.48. The summed E-state index contributed by atoms with van der Waals surface area (Å²) >= 11 is 4.18. The highest BCUT2D eigenvalue weighted by atomic mass is 79.9. The maximum absolute atomic E-state index is 2.25. The first-order valence-electron chi connectivity index (χ1n) is 6.08. The van der Waals surface area contributed by atoms with Gasteiger partial charge < -0.3 is 17.0 Å². The Hall–Kier alpha value is 0.140. The van der Waals surface area contributed by atoms with Gasteiger partial charge in [0.05, 0.1) is 0 Å². The minimum Gasteiger partial charge on any atom is -1.00 e. The fourth-order valence-electron chi connectivity index (χ4n) is 1.92. The average Bonchev–Trinajstić information content (AvgIpc) is 2.37. The van der Waals surface area contributed by atoms with Crippen molar-refractivity contribution in [3.05, 3.63) is 35.9 Å². The minimum atomic E-state index is 0. The van der Waals surface area contributed by atoms with Crippen molar-refractivity contribution >= 4 is 28.0 Å². The quantitative estimate of drug-likeness (QED) is 0.537. The van der Waals surface area contributed by atoms with E-state index in [0.29, 0.717) is 0 Å². The van der Waals surface area contributed by atoms with Gasteiger partial charge in [0, 0.05) is 17.7 Å². The number of benzene rings is 1. The van der Waals surface area contributed by atoms with Crippen molar-refractivity contribution in [2.75, 3.05) is 17.3 Å². The molecule has 0 saturated heterocycles. The zero-order valence-electron chi connectivity index (χ0n) is 10.0. The Balaban J connectivity index is 0.00000144. The number of hydrogen-bond acceptors (Lipinski definition) is 1. The molecule has 1 aliphatic rings. The van der Waals surface area contributed by atoms with Gasteiger partial charge in [0.15, 0.2) is 17.1 Å². The van der Waals surface area contributed by atoms with Crippen molar-refractivity contribution in [1.82, 2.24) is 0 Å². The summed E-state index contributed by atoms with van der Waals surface area (Å²) in [4.78, 5) is 1.60. The molecule has 0 aromatic heterocycles. The number of rotatable bonds is 1. The van der Waals surface area contributed by atoms with Crippen LogP contribution in [0.15, 0.2) is 30.3 Å². The Labute approximate surface area is 123 Å². The summed E-state index contributed by atoms with van der Waals surface area (Å²) in [5.41, 5.74) is 1.44. The van der Waals surface area contributed by atoms with Crippen LogP contribution in [0.2, 0.25) is 0 Å². The molecule has 0 atom stereocenters. The summed E-state index contributed by atoms with van der Waals surface area (Å²) in [5, 5.41) is 0. The van der Waals surface area contributed by atoms with Gasteiger partial charge in [0.1, 0.15) is 0 Å². The van der Waals surface area contributed by atoms with Crippen LogP contribution in [0.4, 0.5) is 0 Å². The third kappa shape index (κ3) is 5.54. The van der Waals surface area contributed by atoms with Crippen LogP contribution in [0.25, 0.3) is 0 Å². The van der Waals surface area contributed by atoms with Crippen LogP contribution in [0, 0.1) is 0 Å². The summed E-state index contributed by atoms with van der Waals surface area (Å²) < 4.78 is 0. The van der Waals surface area contributed by atoms with Gasteiger partial charge in [-0.05, 0) is 30.7 Å². The van der Waals surface area contributed by atoms with Gasteiger partial charge in [0.25, 0.3) is 0 Å². The zero-order chi connectivity index (χ0) is 11.1. The molecule has 0 saturated carbocycles. The highest BCUT2D eigenvalue weighted by Crippen LogP contribution is 2.13. The van der Waals surface area contributed by atoms with E-state index < -0.39 is 0 Å². The first-order valence-corrected chi connectivity index (χ1v) is 8.22. The first kappa shape index (κ1) is 15.2. The summed E-state index contributed by atoms with van der Waals surface area (Å²) in [6.07, 6.45) is 5.43. The van der Waals surface area contributed by atoms with Crippen molar-refractivity contribution in [1.29, 1.82) is 0 Å². The van der Waals surface area contributed by atoms with E-state index in [1.54, 1.807) is 4.86 Å². The highest BCUT2D eigenvalue weighted by Gasteiger charge is 2.13. The maximum atomic E-state index is 2.25. The predicted octanol–water partition coefficient (Wildman–Crippen LogP) is 0.601. The molecule has 2 rings (SSSR count). The molecule has 94 valence electrons. The second kappa shape index (κ2) is 9.12. The van der Waals surface area contributed by atoms with Gasteiger partial charge in [-0.2, -0.15) is 11.8 Å². The Morgan fingerprint density at radius 2 is 1.76 bits per heavy atom. The van der Waals surface area contributed by atoms with Crippen LogP contribution < -0.4 is 17.0 Å². The van der Waals surface area contributed by atoms with Crippen molar-refractivity contribution in [2.24, 2.45) is 0 Å². The summed E-state index contributed by atoms with van der Waals surface area (Å²) in [5.74, 6) is 3.94. The minimum absolute atomic E-state index is 0. The molecule has 0 fully saturated rings. The number of hydrogen-bond donors (Lipinski definition) is 0. The summed E-state index contributed by atoms with van der Waals surface area (Å²) in [6, 6.07) is 10.9. The highest BCUT2D eigenvalue weighted by molar-refractivity contribution is 7.99. The molecule has 0 amide bonds. The third-order valence-electron chi connectivity index (χ3n) is 2.79. The average molecular weight is 331 g/mol. The predicted molar refractivity (Wildman–Crippen MR) is 78.6 cm³/mol. The fraction of sp³-hybridized carbons (Fsp3) is 0.500. The van der Waals surface area contributed by atoms with Gasteiger partial charge >= 0.3 is 0 Å². The lowest BCUT2D eigenvalue weighted by molar-refractivity contribution is -0.00000310. The van der Waals surface area contributed by atoms with Crippen molar-refractivity contribution in [2.45, 2.75) is 25.7 Å². The van der Waals surface area contributed by atoms with E-state index in [-0.39, 0.29) is 17.0 Å². The molecule has 0 spiro atoms. The lowest BCUT2D eigenvalue weighted by atomic mass is 10.1. The van der Waals surface area contributed by atoms with Gasteiger partial charge in [-0.25, -0.2) is 0 Å². The smallest absolute Gasteiger partial charge is 0.208 e. The van der Waals surface area contributed by atoms with Crippen LogP contribution in [-0.4, -0.2) is 22.1 Å². The van der Waals surface area contributed by atoms with Crippen LogP contribution in [0.5, 0.6) is 0 Å². The molecule has 0 N–H and O–H groups in total. The van der Waals surface area contributed by atoms with Crippen LogP contribution >= 0.6 is 11.8 Å². The van der Waals surface area contributed by atoms with Crippen molar-refractivity contribution in [3.63, 3.8) is 0 Å². The first-order chi connectivity index (χ1) is 7.97. The summed E-state index contributed by atoms with van der Waals surface area (Å²) in [6.45, 7) is 0. The Bertz CT molecular complexity index is 335. The van der Waals surface area contributed by atoms with Gasteiger partial charge in [-0.3, -0.25) is 0 Å². The van der Waals surface area contributed by atoms with Crippen molar-refractivity contribution < 1.29 is 17.0 Å². The fourth-order valence-corrected chi connectivity index (χ4v) is 4.17. The van der Waals surface area contributed by atoms with E-state index in [9.17, 15) is 0 Å². The van der Waals surface area contributed by atoms with Gasteiger partial charge in [0.2, 0.25) is 4.86 Å². The molecule has 1 aliphatic heterocycles. The molecule has 1 heterocycles. The summed E-state index contributed by atoms with van der Waals surface area (Å²) in [7, 11) is 0. The molecule has 0 unspecified atom stereocenters. The molecular weight excluding hydrogens is 312 g/mol. The van der Waals surface area contributed by atoms with Crippen LogP contribution in [-0.2, 0) is 11.4 Å². The largest absolute Gasteiger partial charge is 1.00 e. The Morgan fingerprint density at radius 1 is 0.941 bits per heavy atom. The van der Waals surface area contributed by atoms with E-state index >= 15 is 0 Å². The monoisotopic (exact) mass is 330 g/mol. The third-order valence-corrected chi connectivity index (χ3v) is 5.32. The number of thioether (sulfide) groups is 1. The molecule has 0 bridgehead atoms. The van der Waals surface area contributed by atoms with E-state index in [0.717, 1.165) is 0 Å². The maximum Gasteiger partial charge on any atom is 0.208 e. The molecule has 1 aromatic carbocycles. The second-order valence-electron chi connectivity index (χ2n) is 4.06. The van der Waals surface area contributed by atoms with E-state index in [1.807, 2.05) is 0 Å². The van der Waals surface area contributed by atoms with Gasteiger partial charge in [-0.1, -0.05) is 24.6 Å². The standard InChI is InChI=1S/C14H19S2.BrH/c1-3-7-13(8-4-1)14-9-5-2-6-10-15-11-12-16-14;/h1,3-4,7-8H,2,5-6,9-12H2;1H/q+1;/p-1. The number of halogens is 1. The van der Waals surface area contributed by atoms with E-state index in [1.165, 1.54) is 48.5 Å². The molecular formula is C14H19BrS2. The molecule has 17 heavy (non-hydrogen) atoms.